The van der Waals surface area contributed by atoms with Gasteiger partial charge in [-0.1, -0.05) is 18.2 Å². The Labute approximate surface area is 176 Å². The van der Waals surface area contributed by atoms with Crippen molar-refractivity contribution in [1.82, 2.24) is 10.3 Å². The summed E-state index contributed by atoms with van der Waals surface area (Å²) in [5.74, 6) is 2.99. The molecule has 4 nitrogen and oxygen atoms in total. The standard InChI is InChI=1S/C24H26N4S/c1-2-4-22-17(3-1)9-16(13-27-22)12-26-19-10-18-15-29-8-7-28-23-5-6-25-14-21(23)20(11-19)24(18)28/h1-4,9-11,13,21,23,25-26H,5-8,12,14-15H2/t21?,23-/m0/s1. The third-order valence-corrected chi connectivity index (χ3v) is 7.62. The van der Waals surface area contributed by atoms with Crippen LogP contribution in [-0.2, 0) is 12.3 Å². The molecule has 2 aromatic carbocycles. The maximum absolute atomic E-state index is 4.61. The molecule has 3 aliphatic rings. The van der Waals surface area contributed by atoms with E-state index in [1.807, 2.05) is 12.3 Å². The molecule has 3 aromatic rings. The molecule has 0 aliphatic carbocycles. The number of rotatable bonds is 3. The molecule has 0 radical (unpaired) electrons. The highest BCUT2D eigenvalue weighted by Crippen LogP contribution is 2.48. The number of hydrogen-bond donors (Lipinski definition) is 2. The molecular weight excluding hydrogens is 376 g/mol. The molecule has 29 heavy (non-hydrogen) atoms. The van der Waals surface area contributed by atoms with Crippen molar-refractivity contribution >= 4 is 34.0 Å². The van der Waals surface area contributed by atoms with Gasteiger partial charge >= 0.3 is 0 Å². The van der Waals surface area contributed by atoms with Crippen LogP contribution in [0.25, 0.3) is 10.9 Å². The van der Waals surface area contributed by atoms with E-state index in [9.17, 15) is 0 Å². The third-order valence-electron chi connectivity index (χ3n) is 6.63. The number of anilines is 2. The number of fused-ring (bicyclic) bond motifs is 4. The zero-order chi connectivity index (χ0) is 19.2. The molecule has 2 atom stereocenters. The van der Waals surface area contributed by atoms with E-state index in [0.717, 1.165) is 30.9 Å². The molecule has 1 fully saturated rings. The van der Waals surface area contributed by atoms with E-state index in [-0.39, 0.29) is 0 Å². The van der Waals surface area contributed by atoms with Crippen molar-refractivity contribution in [1.29, 1.82) is 0 Å². The second kappa shape index (κ2) is 7.22. The molecule has 148 valence electrons. The summed E-state index contributed by atoms with van der Waals surface area (Å²) in [6.07, 6.45) is 3.26. The summed E-state index contributed by atoms with van der Waals surface area (Å²) in [5.41, 5.74) is 8.15. The molecular formula is C24H26N4S. The predicted octanol–water partition coefficient (Wildman–Crippen LogP) is 4.36. The van der Waals surface area contributed by atoms with Crippen LogP contribution < -0.4 is 15.5 Å². The number of hydrogen-bond acceptors (Lipinski definition) is 5. The van der Waals surface area contributed by atoms with Gasteiger partial charge in [-0.2, -0.15) is 11.8 Å². The molecule has 2 N–H and O–H groups in total. The van der Waals surface area contributed by atoms with E-state index in [4.69, 9.17) is 0 Å². The lowest BCUT2D eigenvalue weighted by molar-refractivity contribution is 0.406. The van der Waals surface area contributed by atoms with Gasteiger partial charge in [0.1, 0.15) is 0 Å². The van der Waals surface area contributed by atoms with Gasteiger partial charge in [-0.05, 0) is 53.9 Å². The minimum Gasteiger partial charge on any atom is -0.381 e. The van der Waals surface area contributed by atoms with E-state index in [2.05, 4.69) is 68.7 Å². The van der Waals surface area contributed by atoms with Crippen LogP contribution in [-0.4, -0.2) is 36.4 Å². The predicted molar refractivity (Wildman–Crippen MR) is 123 cm³/mol. The normalized spacial score (nSPS) is 22.8. The van der Waals surface area contributed by atoms with Crippen LogP contribution >= 0.6 is 11.8 Å². The van der Waals surface area contributed by atoms with Crippen LogP contribution in [0.3, 0.4) is 0 Å². The second-order valence-corrected chi connectivity index (χ2v) is 9.48. The smallest absolute Gasteiger partial charge is 0.0702 e. The average Bonchev–Trinajstić information content (AvgIpc) is 2.93. The van der Waals surface area contributed by atoms with Gasteiger partial charge in [-0.3, -0.25) is 4.98 Å². The van der Waals surface area contributed by atoms with Gasteiger partial charge in [0.05, 0.1) is 5.52 Å². The number of pyridine rings is 1. The zero-order valence-corrected chi connectivity index (χ0v) is 17.3. The fourth-order valence-electron chi connectivity index (χ4n) is 5.30. The maximum Gasteiger partial charge on any atom is 0.0702 e. The molecule has 0 amide bonds. The number of para-hydroxylation sites is 1. The van der Waals surface area contributed by atoms with Crippen LogP contribution in [0.4, 0.5) is 11.4 Å². The Kier molecular flexibility index (Phi) is 4.38. The van der Waals surface area contributed by atoms with Crippen LogP contribution in [0.15, 0.2) is 48.7 Å². The molecule has 4 heterocycles. The van der Waals surface area contributed by atoms with E-state index in [0.29, 0.717) is 12.0 Å². The Bertz CT molecular complexity index is 1070. The van der Waals surface area contributed by atoms with Crippen molar-refractivity contribution in [3.63, 3.8) is 0 Å². The Morgan fingerprint density at radius 2 is 2.17 bits per heavy atom. The molecule has 0 saturated carbocycles. The Morgan fingerprint density at radius 3 is 3.17 bits per heavy atom. The first-order valence-electron chi connectivity index (χ1n) is 10.7. The largest absolute Gasteiger partial charge is 0.381 e. The Hall–Kier alpha value is -2.24. The lowest BCUT2D eigenvalue weighted by Crippen LogP contribution is -2.44. The van der Waals surface area contributed by atoms with Crippen molar-refractivity contribution in [2.75, 3.05) is 35.6 Å². The minimum absolute atomic E-state index is 0.629. The number of piperidine rings is 1. The number of thioether (sulfide) groups is 1. The highest BCUT2D eigenvalue weighted by molar-refractivity contribution is 7.98. The summed E-state index contributed by atoms with van der Waals surface area (Å²) >= 11 is 2.07. The molecule has 5 heteroatoms. The van der Waals surface area contributed by atoms with Gasteiger partial charge in [-0.15, -0.1) is 0 Å². The quantitative estimate of drug-likeness (QED) is 0.681. The van der Waals surface area contributed by atoms with E-state index in [1.54, 1.807) is 11.3 Å². The molecule has 1 unspecified atom stereocenters. The first-order chi connectivity index (χ1) is 14.4. The summed E-state index contributed by atoms with van der Waals surface area (Å²) in [5, 5.41) is 8.53. The summed E-state index contributed by atoms with van der Waals surface area (Å²) in [6.45, 7) is 4.26. The summed E-state index contributed by atoms with van der Waals surface area (Å²) in [7, 11) is 0. The number of nitrogens with zero attached hydrogens (tertiary/aromatic N) is 2. The molecule has 1 saturated heterocycles. The topological polar surface area (TPSA) is 40.2 Å². The van der Waals surface area contributed by atoms with Crippen molar-refractivity contribution in [2.24, 2.45) is 0 Å². The molecule has 0 spiro atoms. The van der Waals surface area contributed by atoms with Gasteiger partial charge in [0.15, 0.2) is 0 Å². The fraction of sp³-hybridized carbons (Fsp3) is 0.375. The molecule has 6 rings (SSSR count). The summed E-state index contributed by atoms with van der Waals surface area (Å²) in [4.78, 5) is 7.34. The van der Waals surface area contributed by atoms with Crippen molar-refractivity contribution in [3.05, 3.63) is 65.4 Å². The van der Waals surface area contributed by atoms with Gasteiger partial charge in [-0.25, -0.2) is 0 Å². The summed E-state index contributed by atoms with van der Waals surface area (Å²) in [6, 6.07) is 16.1. The lowest BCUT2D eigenvalue weighted by atomic mass is 9.89. The van der Waals surface area contributed by atoms with Crippen LogP contribution in [0.5, 0.6) is 0 Å². The van der Waals surface area contributed by atoms with Crippen molar-refractivity contribution in [2.45, 2.75) is 30.7 Å². The van der Waals surface area contributed by atoms with Gasteiger partial charge < -0.3 is 15.5 Å². The van der Waals surface area contributed by atoms with Gasteiger partial charge in [0.2, 0.25) is 0 Å². The summed E-state index contributed by atoms with van der Waals surface area (Å²) < 4.78 is 0. The lowest BCUT2D eigenvalue weighted by Gasteiger charge is -2.33. The minimum atomic E-state index is 0.629. The average molecular weight is 403 g/mol. The first kappa shape index (κ1) is 17.6. The van der Waals surface area contributed by atoms with Gasteiger partial charge in [0.25, 0.3) is 0 Å². The Morgan fingerprint density at radius 1 is 1.21 bits per heavy atom. The molecule has 0 bridgehead atoms. The maximum atomic E-state index is 4.61. The monoisotopic (exact) mass is 402 g/mol. The van der Waals surface area contributed by atoms with Crippen molar-refractivity contribution in [3.8, 4) is 0 Å². The van der Waals surface area contributed by atoms with Gasteiger partial charge in [0, 0.05) is 66.1 Å². The highest BCUT2D eigenvalue weighted by Gasteiger charge is 2.41. The number of aromatic nitrogens is 1. The van der Waals surface area contributed by atoms with Crippen LogP contribution in [0, 0.1) is 0 Å². The second-order valence-electron chi connectivity index (χ2n) is 8.38. The van der Waals surface area contributed by atoms with E-state index >= 15 is 0 Å². The number of benzene rings is 2. The zero-order valence-electron chi connectivity index (χ0n) is 16.5. The Balaban J connectivity index is 1.31. The van der Waals surface area contributed by atoms with Crippen molar-refractivity contribution < 1.29 is 0 Å². The first-order valence-corrected chi connectivity index (χ1v) is 11.8. The van der Waals surface area contributed by atoms with Crippen LogP contribution in [0.1, 0.15) is 29.0 Å². The highest BCUT2D eigenvalue weighted by atomic mass is 32.2. The molecule has 3 aliphatic heterocycles. The number of nitrogens with one attached hydrogen (secondary N) is 2. The molecule has 1 aromatic heterocycles. The SMILES string of the molecule is c1ccc2ncc(CNc3cc4c5c(c3)C3CNCC[C@@H]3N5CCSC4)cc2c1. The third kappa shape index (κ3) is 3.08. The fourth-order valence-corrected chi connectivity index (χ4v) is 6.22. The van der Waals surface area contributed by atoms with Crippen LogP contribution in [0.2, 0.25) is 0 Å². The van der Waals surface area contributed by atoms with E-state index in [1.165, 1.54) is 40.9 Å². The van der Waals surface area contributed by atoms with E-state index < -0.39 is 0 Å².